The van der Waals surface area contributed by atoms with E-state index in [4.69, 9.17) is 14.2 Å². The quantitative estimate of drug-likeness (QED) is 0.362. The van der Waals surface area contributed by atoms with Gasteiger partial charge in [0.25, 0.3) is 0 Å². The summed E-state index contributed by atoms with van der Waals surface area (Å²) in [6.07, 6.45) is 0.561. The summed E-state index contributed by atoms with van der Waals surface area (Å²) in [4.78, 5) is 29.6. The van der Waals surface area contributed by atoms with Gasteiger partial charge in [-0.1, -0.05) is 6.07 Å². The van der Waals surface area contributed by atoms with Crippen molar-refractivity contribution in [2.75, 3.05) is 26.2 Å². The first-order valence-electron chi connectivity index (χ1n) is 13.3. The summed E-state index contributed by atoms with van der Waals surface area (Å²) < 4.78 is 17.3. The Morgan fingerprint density at radius 2 is 1.75 bits per heavy atom. The Hall–Kier alpha value is -3.46. The number of nitrogens with zero attached hydrogens (tertiary/aromatic N) is 3. The first kappa shape index (κ1) is 25.5. The fraction of sp³-hybridized carbons (Fsp3) is 0.483. The van der Waals surface area contributed by atoms with Crippen LogP contribution in [0.1, 0.15) is 56.3 Å². The number of phenolic OH excluding ortho intramolecular Hbond substituents is 2. The first-order chi connectivity index (χ1) is 19.1. The SMILES string of the molecule is Cc1cc2c(c(O)c1C)[C@@H]1C3[C@@H]4SCC(=O)C(=O)OC[C@H](c5c6c(c(C)c(O)c54)OCO6)N3C(C#N)[C@H](C2)N1C. The smallest absolute Gasteiger partial charge is 0.375 e. The topological polar surface area (TPSA) is 133 Å². The van der Waals surface area contributed by atoms with Crippen LogP contribution in [0.2, 0.25) is 0 Å². The summed E-state index contributed by atoms with van der Waals surface area (Å²) in [5, 5.41) is 33.3. The number of hydrogen-bond acceptors (Lipinski definition) is 11. The monoisotopic (exact) mass is 563 g/mol. The van der Waals surface area contributed by atoms with Crippen molar-refractivity contribution < 1.29 is 34.0 Å². The van der Waals surface area contributed by atoms with Crippen LogP contribution >= 0.6 is 11.8 Å². The highest BCUT2D eigenvalue weighted by Crippen LogP contribution is 2.63. The van der Waals surface area contributed by atoms with E-state index >= 15 is 0 Å². The lowest BCUT2D eigenvalue weighted by Gasteiger charge is -2.61. The largest absolute Gasteiger partial charge is 0.507 e. The van der Waals surface area contributed by atoms with Gasteiger partial charge in [0.15, 0.2) is 11.5 Å². The van der Waals surface area contributed by atoms with E-state index in [0.717, 1.165) is 22.3 Å². The molecule has 2 aromatic carbocycles. The highest BCUT2D eigenvalue weighted by molar-refractivity contribution is 8.00. The number of fused-ring (bicyclic) bond motifs is 9. The van der Waals surface area contributed by atoms with Crippen LogP contribution in [0.4, 0.5) is 0 Å². The highest BCUT2D eigenvalue weighted by atomic mass is 32.2. The van der Waals surface area contributed by atoms with Gasteiger partial charge in [0.2, 0.25) is 12.6 Å². The maximum atomic E-state index is 12.7. The molecule has 5 aliphatic rings. The van der Waals surface area contributed by atoms with Crippen molar-refractivity contribution >= 4 is 23.5 Å². The Kier molecular flexibility index (Phi) is 5.59. The summed E-state index contributed by atoms with van der Waals surface area (Å²) in [7, 11) is 1.97. The molecule has 2 fully saturated rings. The maximum Gasteiger partial charge on any atom is 0.375 e. The van der Waals surface area contributed by atoms with Gasteiger partial charge in [-0.05, 0) is 50.9 Å². The average Bonchev–Trinajstić information content (AvgIpc) is 3.42. The number of nitriles is 1. The first-order valence-corrected chi connectivity index (χ1v) is 14.4. The number of ketones is 1. The lowest BCUT2D eigenvalue weighted by molar-refractivity contribution is -0.157. The van der Waals surface area contributed by atoms with Crippen molar-refractivity contribution in [3.8, 4) is 29.1 Å². The summed E-state index contributed by atoms with van der Waals surface area (Å²) in [6.45, 7) is 5.41. The van der Waals surface area contributed by atoms with E-state index in [1.165, 1.54) is 11.8 Å². The van der Waals surface area contributed by atoms with Crippen LogP contribution < -0.4 is 9.47 Å². The number of carbonyl (C=O) groups is 2. The Morgan fingerprint density at radius 3 is 2.50 bits per heavy atom. The molecule has 2 N–H and O–H groups in total. The Bertz CT molecular complexity index is 1550. The van der Waals surface area contributed by atoms with Gasteiger partial charge in [-0.25, -0.2) is 4.79 Å². The highest BCUT2D eigenvalue weighted by Gasteiger charge is 2.60. The van der Waals surface area contributed by atoms with Gasteiger partial charge < -0.3 is 24.4 Å². The number of hydrogen-bond donors (Lipinski definition) is 2. The van der Waals surface area contributed by atoms with Crippen LogP contribution in [0, 0.1) is 32.1 Å². The van der Waals surface area contributed by atoms with Gasteiger partial charge >= 0.3 is 5.97 Å². The number of esters is 1. The molecule has 0 amide bonds. The number of thioether (sulfide) groups is 1. The molecule has 0 radical (unpaired) electrons. The van der Waals surface area contributed by atoms with Crippen LogP contribution in [0.3, 0.4) is 0 Å². The molecule has 40 heavy (non-hydrogen) atoms. The van der Waals surface area contributed by atoms with E-state index < -0.39 is 35.1 Å². The number of Topliss-reactive ketones (excluding diaryl/α,β-unsaturated/α-hetero) is 1. The molecule has 0 aromatic heterocycles. The second-order valence-corrected chi connectivity index (χ2v) is 12.4. The molecule has 2 aromatic rings. The van der Waals surface area contributed by atoms with Gasteiger partial charge in [-0.15, -0.1) is 11.8 Å². The normalized spacial score (nSPS) is 30.7. The molecule has 5 aliphatic heterocycles. The van der Waals surface area contributed by atoms with E-state index in [-0.39, 0.29) is 42.7 Å². The van der Waals surface area contributed by atoms with Crippen molar-refractivity contribution in [1.82, 2.24) is 9.80 Å². The maximum absolute atomic E-state index is 12.7. The molecule has 2 saturated heterocycles. The van der Waals surface area contributed by atoms with Gasteiger partial charge in [-0.2, -0.15) is 5.26 Å². The van der Waals surface area contributed by atoms with Gasteiger partial charge in [0.1, 0.15) is 24.1 Å². The number of phenols is 2. The number of aryl methyl sites for hydroxylation is 1. The van der Waals surface area contributed by atoms with Crippen molar-refractivity contribution in [3.63, 3.8) is 0 Å². The number of aromatic hydroxyl groups is 2. The molecule has 0 saturated carbocycles. The molecule has 6 atom stereocenters. The van der Waals surface area contributed by atoms with Crippen LogP contribution in [0.5, 0.6) is 23.0 Å². The molecular formula is C29H29N3O7S. The number of carbonyl (C=O) groups excluding carboxylic acids is 2. The average molecular weight is 564 g/mol. The second-order valence-electron chi connectivity index (χ2n) is 11.3. The van der Waals surface area contributed by atoms with E-state index in [9.17, 15) is 25.1 Å². The minimum Gasteiger partial charge on any atom is -0.507 e. The molecule has 2 unspecified atom stereocenters. The molecule has 11 heteroatoms. The predicted molar refractivity (Wildman–Crippen MR) is 143 cm³/mol. The molecule has 10 nitrogen and oxygen atoms in total. The summed E-state index contributed by atoms with van der Waals surface area (Å²) in [6, 6.07) is 2.33. The van der Waals surface area contributed by atoms with Crippen LogP contribution in [0.15, 0.2) is 6.07 Å². The number of piperazine rings is 1. The zero-order chi connectivity index (χ0) is 28.2. The van der Waals surface area contributed by atoms with E-state index in [1.54, 1.807) is 6.92 Å². The van der Waals surface area contributed by atoms with E-state index in [1.807, 2.05) is 20.9 Å². The number of cyclic esters (lactones) is 1. The van der Waals surface area contributed by atoms with Crippen LogP contribution in [-0.2, 0) is 20.7 Å². The third kappa shape index (κ3) is 3.18. The third-order valence-electron chi connectivity index (χ3n) is 9.49. The minimum atomic E-state index is -0.916. The fourth-order valence-corrected chi connectivity index (χ4v) is 8.84. The van der Waals surface area contributed by atoms with Crippen molar-refractivity contribution in [1.29, 1.82) is 5.26 Å². The number of rotatable bonds is 0. The van der Waals surface area contributed by atoms with E-state index in [0.29, 0.717) is 34.6 Å². The number of ether oxygens (including phenoxy) is 3. The van der Waals surface area contributed by atoms with Gasteiger partial charge in [0, 0.05) is 34.3 Å². The molecule has 5 heterocycles. The molecule has 4 bridgehead atoms. The molecule has 208 valence electrons. The van der Waals surface area contributed by atoms with Crippen LogP contribution in [-0.4, -0.2) is 76.1 Å². The van der Waals surface area contributed by atoms with Crippen LogP contribution in [0.25, 0.3) is 0 Å². The summed E-state index contributed by atoms with van der Waals surface area (Å²) in [5.74, 6) is -0.558. The summed E-state index contributed by atoms with van der Waals surface area (Å²) in [5.41, 5.74) is 5.33. The third-order valence-corrected chi connectivity index (χ3v) is 10.8. The predicted octanol–water partition coefficient (Wildman–Crippen LogP) is 2.88. The zero-order valence-corrected chi connectivity index (χ0v) is 23.4. The zero-order valence-electron chi connectivity index (χ0n) is 22.6. The fourth-order valence-electron chi connectivity index (χ4n) is 7.50. The van der Waals surface area contributed by atoms with Gasteiger partial charge in [0.05, 0.1) is 29.2 Å². The molecule has 7 rings (SSSR count). The summed E-state index contributed by atoms with van der Waals surface area (Å²) >= 11 is 1.25. The lowest BCUT2D eigenvalue weighted by atomic mass is 9.71. The Morgan fingerprint density at radius 1 is 1.02 bits per heavy atom. The number of benzene rings is 2. The minimum absolute atomic E-state index is 0.0200. The van der Waals surface area contributed by atoms with Gasteiger partial charge in [-0.3, -0.25) is 14.6 Å². The Labute approximate surface area is 235 Å². The van der Waals surface area contributed by atoms with Crippen molar-refractivity contribution in [2.45, 2.75) is 62.7 Å². The molecule has 0 spiro atoms. The number of likely N-dealkylation sites (N-methyl/N-ethyl adjacent to an activating group) is 1. The molecule has 0 aliphatic carbocycles. The van der Waals surface area contributed by atoms with Crippen molar-refractivity contribution in [3.05, 3.63) is 45.0 Å². The second kappa shape index (κ2) is 8.77. The molecular weight excluding hydrogens is 534 g/mol. The lowest BCUT2D eigenvalue weighted by Crippen LogP contribution is -2.69. The van der Waals surface area contributed by atoms with Crippen molar-refractivity contribution in [2.24, 2.45) is 0 Å². The standard InChI is InChI=1S/C29H29N3O7S/c1-11-5-14-6-15-16(7-30)32-17-8-37-29(36)18(33)9-40-28(23(32)22(31(15)4)19(14)24(34)12(11)2)21-20(17)27-26(38-10-39-27)13(3)25(21)35/h5,15-17,22-23,28,34-35H,6,8-10H2,1-4H3/t15-,16?,17+,22+,23?,28+/m0/s1. The Balaban J connectivity index is 1.55. The van der Waals surface area contributed by atoms with E-state index in [2.05, 4.69) is 21.9 Å².